The van der Waals surface area contributed by atoms with E-state index in [-0.39, 0.29) is 6.23 Å². The van der Waals surface area contributed by atoms with E-state index in [9.17, 15) is 4.79 Å². The summed E-state index contributed by atoms with van der Waals surface area (Å²) in [4.78, 5) is 10.6. The van der Waals surface area contributed by atoms with E-state index in [1.807, 2.05) is 13.1 Å². The largest absolute Gasteiger partial charge is 0.357 e. The van der Waals surface area contributed by atoms with Crippen LogP contribution in [0, 0.1) is 6.92 Å². The maximum absolute atomic E-state index is 10.6. The number of hydrogen-bond acceptors (Lipinski definition) is 3. The minimum absolute atomic E-state index is 0.0242. The molecule has 4 heteroatoms. The topological polar surface area (TPSA) is 44.1 Å². The maximum atomic E-state index is 10.6. The van der Waals surface area contributed by atoms with Crippen LogP contribution in [0.3, 0.4) is 0 Å². The molecule has 1 saturated heterocycles. The molecule has 2 heterocycles. The minimum Gasteiger partial charge on any atom is -0.357 e. The van der Waals surface area contributed by atoms with Gasteiger partial charge in [-0.3, -0.25) is 4.79 Å². The van der Waals surface area contributed by atoms with Gasteiger partial charge in [-0.1, -0.05) is 0 Å². The van der Waals surface area contributed by atoms with Crippen LogP contribution in [0.25, 0.3) is 0 Å². The van der Waals surface area contributed by atoms with Gasteiger partial charge < -0.3 is 4.74 Å². The first kappa shape index (κ1) is 9.40. The van der Waals surface area contributed by atoms with Crippen LogP contribution in [0.5, 0.6) is 0 Å². The fourth-order valence-electron chi connectivity index (χ4n) is 1.69. The highest BCUT2D eigenvalue weighted by Crippen LogP contribution is 2.22. The number of nitrogens with zero attached hydrogens (tertiary/aromatic N) is 2. The molecule has 1 unspecified atom stereocenters. The van der Waals surface area contributed by atoms with Crippen molar-refractivity contribution in [2.24, 2.45) is 0 Å². The fourth-order valence-corrected chi connectivity index (χ4v) is 1.69. The standard InChI is InChI=1S/C10H14N2O2/c1-8-6-12(11-9(8)7-13)10-4-2-3-5-14-10/h6-7,10H,2-5H2,1H3. The van der Waals surface area contributed by atoms with E-state index < -0.39 is 0 Å². The highest BCUT2D eigenvalue weighted by molar-refractivity contribution is 5.73. The molecule has 0 aliphatic carbocycles. The summed E-state index contributed by atoms with van der Waals surface area (Å²) in [6, 6.07) is 0. The number of rotatable bonds is 2. The molecule has 0 aromatic carbocycles. The van der Waals surface area contributed by atoms with Crippen molar-refractivity contribution in [3.63, 3.8) is 0 Å². The Morgan fingerprint density at radius 1 is 1.64 bits per heavy atom. The van der Waals surface area contributed by atoms with Gasteiger partial charge in [0.1, 0.15) is 11.9 Å². The summed E-state index contributed by atoms with van der Waals surface area (Å²) in [5, 5.41) is 4.18. The Balaban J connectivity index is 2.18. The molecule has 0 N–H and O–H groups in total. The third kappa shape index (κ3) is 1.70. The molecule has 1 aromatic heterocycles. The lowest BCUT2D eigenvalue weighted by atomic mass is 10.2. The van der Waals surface area contributed by atoms with Crippen molar-refractivity contribution in [3.8, 4) is 0 Å². The van der Waals surface area contributed by atoms with Crippen molar-refractivity contribution >= 4 is 6.29 Å². The van der Waals surface area contributed by atoms with E-state index in [4.69, 9.17) is 4.74 Å². The summed E-state index contributed by atoms with van der Waals surface area (Å²) in [6.07, 6.45) is 5.96. The van der Waals surface area contributed by atoms with E-state index in [1.165, 1.54) is 6.42 Å². The number of aldehydes is 1. The van der Waals surface area contributed by atoms with E-state index in [0.717, 1.165) is 31.3 Å². The van der Waals surface area contributed by atoms with Crippen molar-refractivity contribution in [2.45, 2.75) is 32.4 Å². The van der Waals surface area contributed by atoms with Crippen LogP contribution >= 0.6 is 0 Å². The second-order valence-corrected chi connectivity index (χ2v) is 3.62. The fraction of sp³-hybridized carbons (Fsp3) is 0.600. The second kappa shape index (κ2) is 3.92. The number of aromatic nitrogens is 2. The molecule has 1 aliphatic rings. The van der Waals surface area contributed by atoms with E-state index in [0.29, 0.717) is 5.69 Å². The Morgan fingerprint density at radius 2 is 2.50 bits per heavy atom. The molecule has 0 bridgehead atoms. The smallest absolute Gasteiger partial charge is 0.170 e. The van der Waals surface area contributed by atoms with Gasteiger partial charge in [0.25, 0.3) is 0 Å². The Labute approximate surface area is 82.9 Å². The average Bonchev–Trinajstić information content (AvgIpc) is 2.61. The number of hydrogen-bond donors (Lipinski definition) is 0. The molecule has 1 atom stereocenters. The van der Waals surface area contributed by atoms with Crippen LogP contribution < -0.4 is 0 Å². The van der Waals surface area contributed by atoms with Crippen LogP contribution in [0.4, 0.5) is 0 Å². The molecule has 0 saturated carbocycles. The molecule has 0 amide bonds. The first-order chi connectivity index (χ1) is 6.81. The molecule has 76 valence electrons. The molecule has 1 fully saturated rings. The van der Waals surface area contributed by atoms with Crippen molar-refractivity contribution < 1.29 is 9.53 Å². The van der Waals surface area contributed by atoms with Gasteiger partial charge in [0, 0.05) is 12.8 Å². The van der Waals surface area contributed by atoms with Crippen LogP contribution in [-0.2, 0) is 4.74 Å². The van der Waals surface area contributed by atoms with Crippen molar-refractivity contribution in [1.29, 1.82) is 0 Å². The predicted molar refractivity (Wildman–Crippen MR) is 51.2 cm³/mol. The molecule has 1 aromatic rings. The zero-order valence-corrected chi connectivity index (χ0v) is 8.27. The average molecular weight is 194 g/mol. The van der Waals surface area contributed by atoms with Crippen LogP contribution in [0.2, 0.25) is 0 Å². The van der Waals surface area contributed by atoms with Gasteiger partial charge in [0.05, 0.1) is 0 Å². The zero-order valence-electron chi connectivity index (χ0n) is 8.27. The first-order valence-electron chi connectivity index (χ1n) is 4.94. The van der Waals surface area contributed by atoms with E-state index >= 15 is 0 Å². The number of carbonyl (C=O) groups is 1. The summed E-state index contributed by atoms with van der Waals surface area (Å²) < 4.78 is 7.32. The minimum atomic E-state index is 0.0242. The van der Waals surface area contributed by atoms with Gasteiger partial charge in [-0.15, -0.1) is 0 Å². The van der Waals surface area contributed by atoms with E-state index in [2.05, 4.69) is 5.10 Å². The molecule has 0 spiro atoms. The van der Waals surface area contributed by atoms with Crippen LogP contribution in [0.15, 0.2) is 6.20 Å². The molecule has 4 nitrogen and oxygen atoms in total. The monoisotopic (exact) mass is 194 g/mol. The van der Waals surface area contributed by atoms with Crippen LogP contribution in [0.1, 0.15) is 41.5 Å². The molecular weight excluding hydrogens is 180 g/mol. The van der Waals surface area contributed by atoms with Gasteiger partial charge in [-0.05, 0) is 31.7 Å². The Kier molecular flexibility index (Phi) is 2.63. The molecule has 1 aliphatic heterocycles. The lowest BCUT2D eigenvalue weighted by Gasteiger charge is -2.22. The SMILES string of the molecule is Cc1cn(C2CCCCO2)nc1C=O. The normalized spacial score (nSPS) is 22.2. The van der Waals surface area contributed by atoms with Crippen molar-refractivity contribution in [2.75, 3.05) is 6.61 Å². The predicted octanol–water partition coefficient (Wildman–Crippen LogP) is 1.70. The zero-order chi connectivity index (χ0) is 9.97. The Bertz CT molecular complexity index is 327. The number of ether oxygens (including phenoxy) is 1. The Hall–Kier alpha value is -1.16. The van der Waals surface area contributed by atoms with Crippen LogP contribution in [-0.4, -0.2) is 22.7 Å². The summed E-state index contributed by atoms with van der Waals surface area (Å²) in [5.41, 5.74) is 1.42. The highest BCUT2D eigenvalue weighted by Gasteiger charge is 2.17. The van der Waals surface area contributed by atoms with Gasteiger partial charge in [0.2, 0.25) is 0 Å². The van der Waals surface area contributed by atoms with Gasteiger partial charge in [0.15, 0.2) is 6.29 Å². The lowest BCUT2D eigenvalue weighted by molar-refractivity contribution is -0.0395. The maximum Gasteiger partial charge on any atom is 0.170 e. The van der Waals surface area contributed by atoms with Gasteiger partial charge >= 0.3 is 0 Å². The van der Waals surface area contributed by atoms with Gasteiger partial charge in [-0.25, -0.2) is 4.68 Å². The summed E-state index contributed by atoms with van der Waals surface area (Å²) in [6.45, 7) is 2.68. The summed E-state index contributed by atoms with van der Waals surface area (Å²) in [5.74, 6) is 0. The van der Waals surface area contributed by atoms with Crippen molar-refractivity contribution in [1.82, 2.24) is 9.78 Å². The molecular formula is C10H14N2O2. The lowest BCUT2D eigenvalue weighted by Crippen LogP contribution is -2.18. The first-order valence-corrected chi connectivity index (χ1v) is 4.94. The van der Waals surface area contributed by atoms with E-state index in [1.54, 1.807) is 4.68 Å². The quantitative estimate of drug-likeness (QED) is 0.673. The number of aryl methyl sites for hydroxylation is 1. The number of carbonyl (C=O) groups excluding carboxylic acids is 1. The summed E-state index contributed by atoms with van der Waals surface area (Å²) >= 11 is 0. The molecule has 14 heavy (non-hydrogen) atoms. The highest BCUT2D eigenvalue weighted by atomic mass is 16.5. The third-order valence-corrected chi connectivity index (χ3v) is 2.52. The third-order valence-electron chi connectivity index (χ3n) is 2.52. The molecule has 0 radical (unpaired) electrons. The summed E-state index contributed by atoms with van der Waals surface area (Å²) in [7, 11) is 0. The van der Waals surface area contributed by atoms with Gasteiger partial charge in [-0.2, -0.15) is 5.10 Å². The molecule has 2 rings (SSSR count). The Morgan fingerprint density at radius 3 is 3.07 bits per heavy atom. The second-order valence-electron chi connectivity index (χ2n) is 3.62. The van der Waals surface area contributed by atoms with Crippen molar-refractivity contribution in [3.05, 3.63) is 17.5 Å².